The average Bonchev–Trinajstić information content (AvgIpc) is 2.44. The van der Waals surface area contributed by atoms with E-state index >= 15 is 0 Å². The zero-order valence-electron chi connectivity index (χ0n) is 11.4. The second-order valence-corrected chi connectivity index (χ2v) is 5.33. The highest BCUT2D eigenvalue weighted by Gasteiger charge is 2.18. The molecule has 2 aromatic carbocycles. The summed E-state index contributed by atoms with van der Waals surface area (Å²) in [5.74, 6) is -0.502. The summed E-state index contributed by atoms with van der Waals surface area (Å²) in [7, 11) is 0. The van der Waals surface area contributed by atoms with E-state index < -0.39 is 10.8 Å². The first-order chi connectivity index (χ1) is 10.3. The van der Waals surface area contributed by atoms with E-state index in [1.165, 1.54) is 37.3 Å². The summed E-state index contributed by atoms with van der Waals surface area (Å²) >= 11 is 11.8. The number of carbonyl (C=O) groups excluding carboxylic acids is 1. The number of nitrogens with two attached hydrogens (primary N) is 1. The van der Waals surface area contributed by atoms with Gasteiger partial charge in [-0.1, -0.05) is 29.3 Å². The fraction of sp³-hybridized carbons (Fsp3) is 0.0714. The summed E-state index contributed by atoms with van der Waals surface area (Å²) in [6, 6.07) is 7.19. The van der Waals surface area contributed by atoms with Gasteiger partial charge in [0.15, 0.2) is 0 Å². The largest absolute Gasteiger partial charge is 0.396 e. The van der Waals surface area contributed by atoms with Gasteiger partial charge in [0.1, 0.15) is 0 Å². The molecule has 0 saturated heterocycles. The van der Waals surface area contributed by atoms with Crippen LogP contribution in [-0.2, 0) is 0 Å². The smallest absolute Gasteiger partial charge is 0.273 e. The monoisotopic (exact) mass is 339 g/mol. The van der Waals surface area contributed by atoms with Crippen molar-refractivity contribution in [1.82, 2.24) is 0 Å². The molecule has 22 heavy (non-hydrogen) atoms. The van der Waals surface area contributed by atoms with E-state index in [-0.39, 0.29) is 32.5 Å². The molecule has 0 aliphatic heterocycles. The van der Waals surface area contributed by atoms with Gasteiger partial charge >= 0.3 is 0 Å². The Hall–Kier alpha value is -2.31. The third-order valence-corrected chi connectivity index (χ3v) is 3.71. The second-order valence-electron chi connectivity index (χ2n) is 4.51. The van der Waals surface area contributed by atoms with Crippen molar-refractivity contribution in [2.24, 2.45) is 0 Å². The molecule has 0 aliphatic rings. The van der Waals surface area contributed by atoms with E-state index in [0.717, 1.165) is 0 Å². The van der Waals surface area contributed by atoms with E-state index in [9.17, 15) is 14.9 Å². The SMILES string of the molecule is Cc1c(C(=O)Nc2cc(Cl)c(N)c(Cl)c2)cccc1[N+](=O)[O-]. The second kappa shape index (κ2) is 6.21. The minimum Gasteiger partial charge on any atom is -0.396 e. The van der Waals surface area contributed by atoms with Gasteiger partial charge in [-0.2, -0.15) is 0 Å². The lowest BCUT2D eigenvalue weighted by atomic mass is 10.1. The Kier molecular flexibility index (Phi) is 4.54. The zero-order valence-corrected chi connectivity index (χ0v) is 12.9. The van der Waals surface area contributed by atoms with Crippen molar-refractivity contribution in [2.45, 2.75) is 6.92 Å². The third-order valence-electron chi connectivity index (χ3n) is 3.08. The minimum atomic E-state index is -0.539. The van der Waals surface area contributed by atoms with Crippen molar-refractivity contribution in [1.29, 1.82) is 0 Å². The number of nitro groups is 1. The van der Waals surface area contributed by atoms with Crippen molar-refractivity contribution >= 4 is 46.2 Å². The van der Waals surface area contributed by atoms with Crippen LogP contribution in [0.15, 0.2) is 30.3 Å². The molecule has 2 aromatic rings. The lowest BCUT2D eigenvalue weighted by Crippen LogP contribution is -2.14. The molecule has 0 atom stereocenters. The third kappa shape index (κ3) is 3.13. The van der Waals surface area contributed by atoms with Crippen LogP contribution in [0.2, 0.25) is 10.0 Å². The van der Waals surface area contributed by atoms with Gasteiger partial charge in [0.05, 0.1) is 20.7 Å². The maximum Gasteiger partial charge on any atom is 0.273 e. The molecular formula is C14H11Cl2N3O3. The van der Waals surface area contributed by atoms with Crippen LogP contribution in [0.25, 0.3) is 0 Å². The molecule has 0 spiro atoms. The van der Waals surface area contributed by atoms with Crippen LogP contribution in [0.4, 0.5) is 17.1 Å². The molecule has 1 amide bonds. The van der Waals surface area contributed by atoms with E-state index in [1.807, 2.05) is 0 Å². The molecule has 3 N–H and O–H groups in total. The number of carbonyl (C=O) groups is 1. The van der Waals surface area contributed by atoms with Gasteiger partial charge in [-0.25, -0.2) is 0 Å². The van der Waals surface area contributed by atoms with Crippen LogP contribution in [0, 0.1) is 17.0 Å². The highest BCUT2D eigenvalue weighted by atomic mass is 35.5. The summed E-state index contributed by atoms with van der Waals surface area (Å²) in [5.41, 5.74) is 6.53. The quantitative estimate of drug-likeness (QED) is 0.500. The Bertz CT molecular complexity index is 755. The molecule has 0 saturated carbocycles. The first-order valence-corrected chi connectivity index (χ1v) is 6.86. The Morgan fingerprint density at radius 1 is 1.27 bits per heavy atom. The Labute approximate surface area is 136 Å². The maximum absolute atomic E-state index is 12.3. The number of benzene rings is 2. The van der Waals surface area contributed by atoms with Gasteiger partial charge in [0.2, 0.25) is 0 Å². The number of hydrogen-bond donors (Lipinski definition) is 2. The molecule has 0 aromatic heterocycles. The van der Waals surface area contributed by atoms with E-state index in [2.05, 4.69) is 5.32 Å². The van der Waals surface area contributed by atoms with Crippen LogP contribution >= 0.6 is 23.2 Å². The molecule has 2 rings (SSSR count). The summed E-state index contributed by atoms with van der Waals surface area (Å²) in [4.78, 5) is 22.6. The number of nitrogens with zero attached hydrogens (tertiary/aromatic N) is 1. The molecule has 0 radical (unpaired) electrons. The lowest BCUT2D eigenvalue weighted by Gasteiger charge is -2.10. The minimum absolute atomic E-state index is 0.124. The summed E-state index contributed by atoms with van der Waals surface area (Å²) in [5, 5.41) is 13.9. The zero-order chi connectivity index (χ0) is 16.4. The van der Waals surface area contributed by atoms with Crippen LogP contribution < -0.4 is 11.1 Å². The first kappa shape index (κ1) is 16.1. The summed E-state index contributed by atoms with van der Waals surface area (Å²) in [6.07, 6.45) is 0. The molecule has 0 fully saturated rings. The molecule has 6 nitrogen and oxygen atoms in total. The highest BCUT2D eigenvalue weighted by molar-refractivity contribution is 6.39. The fourth-order valence-corrected chi connectivity index (χ4v) is 2.41. The van der Waals surface area contributed by atoms with Crippen molar-refractivity contribution in [2.75, 3.05) is 11.1 Å². The predicted octanol–water partition coefficient (Wildman–Crippen LogP) is 4.04. The van der Waals surface area contributed by atoms with Gasteiger partial charge < -0.3 is 11.1 Å². The van der Waals surface area contributed by atoms with Crippen molar-refractivity contribution in [3.05, 3.63) is 61.6 Å². The van der Waals surface area contributed by atoms with Crippen molar-refractivity contribution < 1.29 is 9.72 Å². The van der Waals surface area contributed by atoms with Gasteiger partial charge in [-0.05, 0) is 25.1 Å². The molecule has 0 unspecified atom stereocenters. The fourth-order valence-electron chi connectivity index (χ4n) is 1.92. The van der Waals surface area contributed by atoms with E-state index in [1.54, 1.807) is 0 Å². The van der Waals surface area contributed by atoms with Gasteiger partial charge in [-0.3, -0.25) is 14.9 Å². The number of halogens is 2. The Balaban J connectivity index is 2.34. The van der Waals surface area contributed by atoms with Crippen molar-refractivity contribution in [3.8, 4) is 0 Å². The molecule has 8 heteroatoms. The van der Waals surface area contributed by atoms with E-state index in [0.29, 0.717) is 5.69 Å². The van der Waals surface area contributed by atoms with Gasteiger partial charge in [-0.15, -0.1) is 0 Å². The van der Waals surface area contributed by atoms with E-state index in [4.69, 9.17) is 28.9 Å². The average molecular weight is 340 g/mol. The predicted molar refractivity (Wildman–Crippen MR) is 86.7 cm³/mol. The van der Waals surface area contributed by atoms with Gasteiger partial charge in [0, 0.05) is 22.9 Å². The molecular weight excluding hydrogens is 329 g/mol. The van der Waals surface area contributed by atoms with Crippen LogP contribution in [0.1, 0.15) is 15.9 Å². The molecule has 0 heterocycles. The summed E-state index contributed by atoms with van der Waals surface area (Å²) in [6.45, 7) is 1.51. The number of anilines is 2. The van der Waals surface area contributed by atoms with Crippen LogP contribution in [0.5, 0.6) is 0 Å². The number of amides is 1. The standard InChI is InChI=1S/C14H11Cl2N3O3/c1-7-9(3-2-4-12(7)19(21)22)14(20)18-8-5-10(15)13(17)11(16)6-8/h2-6H,17H2,1H3,(H,18,20). The Morgan fingerprint density at radius 3 is 2.41 bits per heavy atom. The van der Waals surface area contributed by atoms with Crippen LogP contribution in [-0.4, -0.2) is 10.8 Å². The Morgan fingerprint density at radius 2 is 1.86 bits per heavy atom. The first-order valence-electron chi connectivity index (χ1n) is 6.11. The highest BCUT2D eigenvalue weighted by Crippen LogP contribution is 2.31. The number of nitrogen functional groups attached to an aromatic ring is 1. The lowest BCUT2D eigenvalue weighted by molar-refractivity contribution is -0.385. The molecule has 0 aliphatic carbocycles. The van der Waals surface area contributed by atoms with Gasteiger partial charge in [0.25, 0.3) is 11.6 Å². The normalized spacial score (nSPS) is 10.3. The molecule has 114 valence electrons. The maximum atomic E-state index is 12.3. The molecule has 0 bridgehead atoms. The number of nitrogens with one attached hydrogen (secondary N) is 1. The topological polar surface area (TPSA) is 98.3 Å². The van der Waals surface area contributed by atoms with Crippen molar-refractivity contribution in [3.63, 3.8) is 0 Å². The van der Waals surface area contributed by atoms with Crippen LogP contribution in [0.3, 0.4) is 0 Å². The summed E-state index contributed by atoms with van der Waals surface area (Å²) < 4.78 is 0. The number of rotatable bonds is 3. The number of hydrogen-bond acceptors (Lipinski definition) is 4. The number of nitro benzene ring substituents is 1.